The van der Waals surface area contributed by atoms with Gasteiger partial charge in [-0.3, -0.25) is 0 Å². The quantitative estimate of drug-likeness (QED) is 0.154. The third-order valence-electron chi connectivity index (χ3n) is 8.68. The Labute approximate surface area is 344 Å². The van der Waals surface area contributed by atoms with Crippen LogP contribution in [0.4, 0.5) is 52.7 Å². The van der Waals surface area contributed by atoms with Crippen LogP contribution in [0.3, 0.4) is 0 Å². The van der Waals surface area contributed by atoms with Gasteiger partial charge in [0, 0.05) is 0 Å². The van der Waals surface area contributed by atoms with Crippen LogP contribution in [0.25, 0.3) is 23.3 Å². The first-order valence-electron chi connectivity index (χ1n) is 16.4. The summed E-state index contributed by atoms with van der Waals surface area (Å²) in [6.07, 6.45) is -19.8. The van der Waals surface area contributed by atoms with Gasteiger partial charge in [-0.1, -0.05) is 0 Å². The average molecular weight is 1030 g/mol. The molecule has 0 radical (unpaired) electrons. The van der Waals surface area contributed by atoms with Crippen molar-refractivity contribution in [3.05, 3.63) is 141 Å². The summed E-state index contributed by atoms with van der Waals surface area (Å²) in [5, 5.41) is 0. The number of fused-ring (bicyclic) bond motifs is 2. The molecule has 4 aromatic carbocycles. The summed E-state index contributed by atoms with van der Waals surface area (Å²) in [6, 6.07) is 21.6. The summed E-state index contributed by atoms with van der Waals surface area (Å²) in [5.74, 6) is 0. The fourth-order valence-corrected chi connectivity index (χ4v) is 17.2. The Morgan fingerprint density at radius 1 is 0.411 bits per heavy atom. The molecule has 0 spiro atoms. The molecule has 298 valence electrons. The average Bonchev–Trinajstić information content (AvgIpc) is 3.61. The Hall–Kier alpha value is -1.55. The first-order chi connectivity index (χ1) is 25.9. The van der Waals surface area contributed by atoms with E-state index >= 15 is 0 Å². The van der Waals surface area contributed by atoms with Crippen LogP contribution in [-0.4, -0.2) is 24.7 Å². The standard InChI is InChI=1S/2C19H13F6.4ClH.2Zr/c2*20-18(21,22)10-12-5-13(11-19(23,24)25)7-16(6-12)17-8-14-3-1-2-4-15(14)9-17;;;;;;/h2*1-9H,10-11H2;4*1H;;/q;;;;;;2*+2/p-4. The van der Waals surface area contributed by atoms with E-state index in [-0.39, 0.29) is 29.5 Å². The van der Waals surface area contributed by atoms with Gasteiger partial charge in [0.05, 0.1) is 0 Å². The Morgan fingerprint density at radius 3 is 0.929 bits per heavy atom. The zero-order valence-electron chi connectivity index (χ0n) is 28.3. The molecule has 0 amide bonds. The van der Waals surface area contributed by atoms with Crippen molar-refractivity contribution >= 4 is 57.3 Å². The van der Waals surface area contributed by atoms with E-state index in [1.165, 1.54) is 24.3 Å². The molecule has 2 aliphatic carbocycles. The second-order valence-corrected chi connectivity index (χ2v) is 30.8. The molecular weight excluding hydrogens is 1010 g/mol. The molecule has 2 unspecified atom stereocenters. The second kappa shape index (κ2) is 18.0. The van der Waals surface area contributed by atoms with Crippen molar-refractivity contribution in [2.45, 2.75) is 57.6 Å². The first kappa shape index (κ1) is 45.5. The van der Waals surface area contributed by atoms with Gasteiger partial charge in [-0.15, -0.1) is 0 Å². The summed E-state index contributed by atoms with van der Waals surface area (Å²) >= 11 is -5.96. The Balaban J connectivity index is 0.000000214. The number of alkyl halides is 12. The van der Waals surface area contributed by atoms with Gasteiger partial charge < -0.3 is 0 Å². The van der Waals surface area contributed by atoms with Crippen molar-refractivity contribution < 1.29 is 91.4 Å². The molecule has 0 bridgehead atoms. The Morgan fingerprint density at radius 2 is 0.679 bits per heavy atom. The molecule has 18 heteroatoms. The van der Waals surface area contributed by atoms with Gasteiger partial charge in [-0.2, -0.15) is 0 Å². The number of halogens is 16. The van der Waals surface area contributed by atoms with E-state index in [0.29, 0.717) is 22.3 Å². The molecule has 0 nitrogen and oxygen atoms in total. The summed E-state index contributed by atoms with van der Waals surface area (Å²) in [5.41, 5.74) is 4.35. The zero-order chi connectivity index (χ0) is 41.4. The Kier molecular flexibility index (Phi) is 14.6. The van der Waals surface area contributed by atoms with E-state index in [9.17, 15) is 52.7 Å². The van der Waals surface area contributed by atoms with Crippen LogP contribution >= 0.6 is 34.1 Å². The van der Waals surface area contributed by atoms with E-state index in [0.717, 1.165) is 34.4 Å². The third kappa shape index (κ3) is 12.7. The minimum atomic E-state index is -4.53. The number of hydrogen-bond donors (Lipinski definition) is 0. The Bertz CT molecular complexity index is 1880. The van der Waals surface area contributed by atoms with E-state index in [1.54, 1.807) is 36.4 Å². The molecule has 0 aromatic heterocycles. The molecule has 4 aromatic rings. The van der Waals surface area contributed by atoms with Crippen LogP contribution in [0.5, 0.6) is 0 Å². The first-order valence-corrected chi connectivity index (χ1v) is 31.9. The van der Waals surface area contributed by atoms with E-state index in [1.807, 2.05) is 24.3 Å². The molecular formula is C38H26Cl4F12Zr2. The second-order valence-electron chi connectivity index (χ2n) is 13.1. The van der Waals surface area contributed by atoms with Gasteiger partial charge in [0.2, 0.25) is 0 Å². The van der Waals surface area contributed by atoms with Crippen LogP contribution in [0, 0.1) is 0 Å². The summed E-state index contributed by atoms with van der Waals surface area (Å²) < 4.78 is 154. The SMILES string of the molecule is FC(F)(F)Cc1cc(CC(F)(F)F)cc(C2=Cc3ccccc3[CH]2[Zr]([Cl])[Cl])c1.FC(F)(F)Cc1cc(CC(F)(F)F)cc(C2=Cc3ccccc3[CH]2[Zr]([Cl])[Cl])c1. The summed E-state index contributed by atoms with van der Waals surface area (Å²) in [4.78, 5) is 0. The molecule has 0 heterocycles. The van der Waals surface area contributed by atoms with Gasteiger partial charge in [-0.25, -0.2) is 0 Å². The fourth-order valence-electron chi connectivity index (χ4n) is 6.81. The van der Waals surface area contributed by atoms with Gasteiger partial charge >= 0.3 is 347 Å². The molecule has 0 saturated carbocycles. The monoisotopic (exact) mass is 1030 g/mol. The minimum absolute atomic E-state index is 0.214. The maximum atomic E-state index is 12.9. The predicted octanol–water partition coefficient (Wildman–Crippen LogP) is 14.8. The van der Waals surface area contributed by atoms with E-state index in [2.05, 4.69) is 0 Å². The number of allylic oxidation sites excluding steroid dienone is 2. The van der Waals surface area contributed by atoms with Crippen molar-refractivity contribution in [3.63, 3.8) is 0 Å². The zero-order valence-corrected chi connectivity index (χ0v) is 36.2. The molecule has 6 rings (SSSR count). The fraction of sp³-hybridized carbons (Fsp3) is 0.263. The molecule has 56 heavy (non-hydrogen) atoms. The molecule has 0 fully saturated rings. The van der Waals surface area contributed by atoms with Crippen LogP contribution in [0.2, 0.25) is 0 Å². The maximum absolute atomic E-state index is 12.9. The topological polar surface area (TPSA) is 0 Å². The van der Waals surface area contributed by atoms with Crippen molar-refractivity contribution in [2.75, 3.05) is 0 Å². The third-order valence-corrected chi connectivity index (χ3v) is 19.1. The van der Waals surface area contributed by atoms with Gasteiger partial charge in [-0.05, 0) is 0 Å². The van der Waals surface area contributed by atoms with Crippen LogP contribution in [-0.2, 0) is 64.4 Å². The van der Waals surface area contributed by atoms with Crippen LogP contribution in [0.1, 0.15) is 62.9 Å². The van der Waals surface area contributed by atoms with Gasteiger partial charge in [0.15, 0.2) is 0 Å². The molecule has 0 aliphatic heterocycles. The van der Waals surface area contributed by atoms with Gasteiger partial charge in [0.1, 0.15) is 0 Å². The van der Waals surface area contributed by atoms with Crippen molar-refractivity contribution in [1.82, 2.24) is 0 Å². The van der Waals surface area contributed by atoms with E-state index < -0.39 is 89.1 Å². The van der Waals surface area contributed by atoms with Crippen LogP contribution < -0.4 is 0 Å². The van der Waals surface area contributed by atoms with Crippen molar-refractivity contribution in [3.8, 4) is 0 Å². The van der Waals surface area contributed by atoms with Gasteiger partial charge in [0.25, 0.3) is 0 Å². The molecule has 0 saturated heterocycles. The van der Waals surface area contributed by atoms with Crippen molar-refractivity contribution in [2.24, 2.45) is 0 Å². The number of rotatable bonds is 8. The number of benzene rings is 4. The normalized spacial score (nSPS) is 16.7. The van der Waals surface area contributed by atoms with E-state index in [4.69, 9.17) is 34.1 Å². The number of hydrogen-bond acceptors (Lipinski definition) is 0. The van der Waals surface area contributed by atoms with Crippen molar-refractivity contribution in [1.29, 1.82) is 0 Å². The predicted molar refractivity (Wildman–Crippen MR) is 189 cm³/mol. The molecule has 2 aliphatic rings. The summed E-state index contributed by atoms with van der Waals surface area (Å²) in [7, 11) is 25.2. The molecule has 2 atom stereocenters. The molecule has 0 N–H and O–H groups in total. The van der Waals surface area contributed by atoms with Crippen LogP contribution in [0.15, 0.2) is 84.9 Å². The summed E-state index contributed by atoms with van der Waals surface area (Å²) in [6.45, 7) is 0.